The SMILES string of the molecule is CN(C)[C@H]1CCOC12CN(c1cc(F)c(S(=O)(=O)Nc3cccc(F)n3)c(Cl)c1Cl)C2. The molecule has 2 aromatic rings. The molecule has 0 unspecified atom stereocenters. The molecule has 31 heavy (non-hydrogen) atoms. The Morgan fingerprint density at radius 2 is 1.97 bits per heavy atom. The fourth-order valence-electron chi connectivity index (χ4n) is 4.23. The zero-order valence-corrected chi connectivity index (χ0v) is 19.0. The highest BCUT2D eigenvalue weighted by molar-refractivity contribution is 7.92. The second-order valence-electron chi connectivity index (χ2n) is 7.82. The molecule has 1 aromatic carbocycles. The van der Waals surface area contributed by atoms with Crippen molar-refractivity contribution in [1.29, 1.82) is 0 Å². The van der Waals surface area contributed by atoms with Crippen molar-refractivity contribution >= 4 is 44.7 Å². The Morgan fingerprint density at radius 3 is 2.61 bits per heavy atom. The molecular formula is C19H20Cl2F2N4O3S. The predicted octanol–water partition coefficient (Wildman–Crippen LogP) is 3.38. The van der Waals surface area contributed by atoms with Crippen LogP contribution in [-0.4, -0.2) is 63.7 Å². The number of rotatable bonds is 5. The average molecular weight is 493 g/mol. The van der Waals surface area contributed by atoms with Gasteiger partial charge in [0.05, 0.1) is 28.8 Å². The number of nitrogens with zero attached hydrogens (tertiary/aromatic N) is 3. The van der Waals surface area contributed by atoms with E-state index in [9.17, 15) is 17.2 Å². The number of pyridine rings is 1. The first kappa shape index (κ1) is 22.5. The lowest BCUT2D eigenvalue weighted by molar-refractivity contribution is -0.0507. The lowest BCUT2D eigenvalue weighted by Crippen LogP contribution is -2.69. The molecule has 2 aliphatic heterocycles. The standard InChI is InChI=1S/C19H20Cl2F2N4O3S/c1-26(2)13-6-7-30-19(13)9-27(10-19)12-8-11(22)18(17(21)16(12)20)31(28,29)25-15-5-3-4-14(23)24-15/h3-5,8,13H,6-7,9-10H2,1-2H3,(H,24,25)/t13-/m0/s1. The van der Waals surface area contributed by atoms with Gasteiger partial charge in [-0.05, 0) is 32.6 Å². The van der Waals surface area contributed by atoms with Gasteiger partial charge >= 0.3 is 0 Å². The molecule has 2 aliphatic rings. The van der Waals surface area contributed by atoms with Gasteiger partial charge in [-0.2, -0.15) is 4.39 Å². The Hall–Kier alpha value is -1.72. The number of benzene rings is 1. The molecule has 0 saturated carbocycles. The van der Waals surface area contributed by atoms with Crippen molar-refractivity contribution in [2.45, 2.75) is 23.0 Å². The van der Waals surface area contributed by atoms with Crippen LogP contribution in [0.3, 0.4) is 0 Å². The van der Waals surface area contributed by atoms with Crippen LogP contribution in [0, 0.1) is 11.8 Å². The van der Waals surface area contributed by atoms with Crippen molar-refractivity contribution < 1.29 is 21.9 Å². The topological polar surface area (TPSA) is 74.8 Å². The summed E-state index contributed by atoms with van der Waals surface area (Å²) in [6.07, 6.45) is 0.890. The summed E-state index contributed by atoms with van der Waals surface area (Å²) in [4.78, 5) is 6.49. The number of hydrogen-bond donors (Lipinski definition) is 1. The molecule has 2 fully saturated rings. The first-order chi connectivity index (χ1) is 14.5. The summed E-state index contributed by atoms with van der Waals surface area (Å²) in [5, 5.41) is -0.553. The lowest BCUT2D eigenvalue weighted by Gasteiger charge is -2.52. The third kappa shape index (κ3) is 3.95. The minimum Gasteiger partial charge on any atom is -0.370 e. The maximum absolute atomic E-state index is 14.9. The van der Waals surface area contributed by atoms with Crippen LogP contribution < -0.4 is 9.62 Å². The van der Waals surface area contributed by atoms with E-state index in [2.05, 4.69) is 9.88 Å². The molecule has 1 aromatic heterocycles. The van der Waals surface area contributed by atoms with E-state index in [1.54, 1.807) is 4.90 Å². The molecule has 1 N–H and O–H groups in total. The quantitative estimate of drug-likeness (QED) is 0.509. The molecule has 168 valence electrons. The van der Waals surface area contributed by atoms with Crippen molar-refractivity contribution in [2.75, 3.05) is 43.4 Å². The normalized spacial score (nSPS) is 20.4. The van der Waals surface area contributed by atoms with E-state index in [0.717, 1.165) is 18.6 Å². The Balaban J connectivity index is 1.62. The van der Waals surface area contributed by atoms with E-state index in [0.29, 0.717) is 19.7 Å². The number of hydrogen-bond acceptors (Lipinski definition) is 6. The molecule has 0 amide bonds. The van der Waals surface area contributed by atoms with Crippen LogP contribution in [0.4, 0.5) is 20.3 Å². The zero-order valence-electron chi connectivity index (χ0n) is 16.7. The van der Waals surface area contributed by atoms with Crippen LogP contribution >= 0.6 is 23.2 Å². The van der Waals surface area contributed by atoms with E-state index in [4.69, 9.17) is 27.9 Å². The van der Waals surface area contributed by atoms with Crippen LogP contribution in [0.15, 0.2) is 29.2 Å². The number of aromatic nitrogens is 1. The largest absolute Gasteiger partial charge is 0.370 e. The van der Waals surface area contributed by atoms with Gasteiger partial charge in [0.1, 0.15) is 22.1 Å². The molecule has 1 atom stereocenters. The fourth-order valence-corrected chi connectivity index (χ4v) is 6.19. The fraction of sp³-hybridized carbons (Fsp3) is 0.421. The van der Waals surface area contributed by atoms with Gasteiger partial charge in [0, 0.05) is 18.7 Å². The van der Waals surface area contributed by atoms with Gasteiger partial charge in [-0.3, -0.25) is 4.72 Å². The molecule has 2 saturated heterocycles. The van der Waals surface area contributed by atoms with Crippen LogP contribution in [-0.2, 0) is 14.8 Å². The predicted molar refractivity (Wildman–Crippen MR) is 114 cm³/mol. The van der Waals surface area contributed by atoms with Crippen LogP contribution in [0.25, 0.3) is 0 Å². The van der Waals surface area contributed by atoms with E-state index >= 15 is 0 Å². The molecule has 7 nitrogen and oxygen atoms in total. The lowest BCUT2D eigenvalue weighted by atomic mass is 9.85. The molecule has 12 heteroatoms. The van der Waals surface area contributed by atoms with Gasteiger partial charge in [0.15, 0.2) is 0 Å². The van der Waals surface area contributed by atoms with E-state index in [1.165, 1.54) is 12.1 Å². The van der Waals surface area contributed by atoms with Crippen molar-refractivity contribution in [3.63, 3.8) is 0 Å². The first-order valence-corrected chi connectivity index (χ1v) is 11.7. The van der Waals surface area contributed by atoms with Crippen LogP contribution in [0.2, 0.25) is 10.0 Å². The highest BCUT2D eigenvalue weighted by Crippen LogP contribution is 2.45. The number of halogens is 4. The van der Waals surface area contributed by atoms with Gasteiger partial charge in [-0.1, -0.05) is 29.3 Å². The Labute approximate surface area is 188 Å². The van der Waals surface area contributed by atoms with Crippen molar-refractivity contribution in [3.8, 4) is 0 Å². The van der Waals surface area contributed by atoms with Crippen molar-refractivity contribution in [1.82, 2.24) is 9.88 Å². The maximum atomic E-state index is 14.9. The first-order valence-electron chi connectivity index (χ1n) is 9.42. The van der Waals surface area contributed by atoms with Crippen molar-refractivity contribution in [2.24, 2.45) is 0 Å². The molecule has 3 heterocycles. The minimum atomic E-state index is -4.51. The number of nitrogens with one attached hydrogen (secondary N) is 1. The molecule has 1 spiro atoms. The number of anilines is 2. The molecular weight excluding hydrogens is 473 g/mol. The number of likely N-dealkylation sites (N-methyl/N-ethyl adjacent to an activating group) is 1. The van der Waals surface area contributed by atoms with Gasteiger partial charge < -0.3 is 14.5 Å². The summed E-state index contributed by atoms with van der Waals surface area (Å²) in [6.45, 7) is 1.59. The second-order valence-corrected chi connectivity index (χ2v) is 10.2. The van der Waals surface area contributed by atoms with Gasteiger partial charge in [0.25, 0.3) is 10.0 Å². The summed E-state index contributed by atoms with van der Waals surface area (Å²) < 4.78 is 61.6. The average Bonchev–Trinajstić information content (AvgIpc) is 3.08. The summed E-state index contributed by atoms with van der Waals surface area (Å²) in [5.41, 5.74) is -0.101. The van der Waals surface area contributed by atoms with Crippen LogP contribution in [0.1, 0.15) is 6.42 Å². The Kier molecular flexibility index (Phi) is 5.80. The summed E-state index contributed by atoms with van der Waals surface area (Å²) in [6, 6.07) is 4.79. The summed E-state index contributed by atoms with van der Waals surface area (Å²) in [7, 11) is -0.549. The van der Waals surface area contributed by atoms with Gasteiger partial charge in [-0.25, -0.2) is 17.8 Å². The third-order valence-corrected chi connectivity index (χ3v) is 7.97. The Morgan fingerprint density at radius 1 is 1.26 bits per heavy atom. The maximum Gasteiger partial charge on any atom is 0.267 e. The second kappa shape index (κ2) is 8.00. The Bertz CT molecular complexity index is 1130. The van der Waals surface area contributed by atoms with Crippen molar-refractivity contribution in [3.05, 3.63) is 46.1 Å². The summed E-state index contributed by atoms with van der Waals surface area (Å²) >= 11 is 12.5. The molecule has 0 aliphatic carbocycles. The third-order valence-electron chi connectivity index (χ3n) is 5.59. The molecule has 4 rings (SSSR count). The molecule has 0 bridgehead atoms. The monoisotopic (exact) mass is 492 g/mol. The minimum absolute atomic E-state index is 0.0927. The van der Waals surface area contributed by atoms with Gasteiger partial charge in [0.2, 0.25) is 5.95 Å². The van der Waals surface area contributed by atoms with Gasteiger partial charge in [-0.15, -0.1) is 0 Å². The number of sulfonamides is 1. The smallest absolute Gasteiger partial charge is 0.267 e. The molecule has 0 radical (unpaired) electrons. The zero-order chi connectivity index (χ0) is 22.6. The summed E-state index contributed by atoms with van der Waals surface area (Å²) in [5.74, 6) is -2.28. The van der Waals surface area contributed by atoms with E-state index in [-0.39, 0.29) is 28.2 Å². The highest BCUT2D eigenvalue weighted by atomic mass is 35.5. The van der Waals surface area contributed by atoms with E-state index in [1.807, 2.05) is 18.8 Å². The highest BCUT2D eigenvalue weighted by Gasteiger charge is 2.54. The van der Waals surface area contributed by atoms with E-state index < -0.39 is 31.7 Å². The number of ether oxygens (including phenoxy) is 1. The van der Waals surface area contributed by atoms with Crippen LogP contribution in [0.5, 0.6) is 0 Å².